The third-order valence-electron chi connectivity index (χ3n) is 3.36. The summed E-state index contributed by atoms with van der Waals surface area (Å²) in [5.74, 6) is 1.43. The van der Waals surface area contributed by atoms with Gasteiger partial charge < -0.3 is 9.84 Å². The highest BCUT2D eigenvalue weighted by Crippen LogP contribution is 2.20. The van der Waals surface area contributed by atoms with E-state index >= 15 is 0 Å². The topological polar surface area (TPSA) is 68.2 Å². The van der Waals surface area contributed by atoms with Crippen LogP contribution >= 0.6 is 0 Å². The third kappa shape index (κ3) is 2.31. The van der Waals surface area contributed by atoms with Gasteiger partial charge in [0.2, 0.25) is 5.95 Å². The fraction of sp³-hybridized carbons (Fsp3) is 0.0625. The van der Waals surface area contributed by atoms with Crippen molar-refractivity contribution in [2.45, 2.75) is 6.54 Å². The molecular formula is C16H13N5O. The molecule has 0 amide bonds. The predicted octanol–water partition coefficient (Wildman–Crippen LogP) is 3.00. The first-order valence-electron chi connectivity index (χ1n) is 6.95. The lowest BCUT2D eigenvalue weighted by molar-refractivity contribution is 0.424. The van der Waals surface area contributed by atoms with Gasteiger partial charge in [-0.05, 0) is 12.1 Å². The van der Waals surface area contributed by atoms with Gasteiger partial charge in [0.1, 0.15) is 5.69 Å². The van der Waals surface area contributed by atoms with Crippen molar-refractivity contribution in [2.75, 3.05) is 5.32 Å². The van der Waals surface area contributed by atoms with Crippen molar-refractivity contribution in [3.05, 3.63) is 66.5 Å². The van der Waals surface area contributed by atoms with Gasteiger partial charge in [0.15, 0.2) is 11.4 Å². The fourth-order valence-corrected chi connectivity index (χ4v) is 2.27. The number of hydrogen-bond donors (Lipinski definition) is 1. The van der Waals surface area contributed by atoms with Crippen LogP contribution in [0.4, 0.5) is 5.95 Å². The van der Waals surface area contributed by atoms with E-state index in [-0.39, 0.29) is 0 Å². The lowest BCUT2D eigenvalue weighted by Gasteiger charge is -2.00. The lowest BCUT2D eigenvalue weighted by Crippen LogP contribution is -2.03. The molecule has 3 heterocycles. The normalized spacial score (nSPS) is 10.9. The molecular weight excluding hydrogens is 278 g/mol. The van der Waals surface area contributed by atoms with Crippen LogP contribution in [0.2, 0.25) is 0 Å². The highest BCUT2D eigenvalue weighted by molar-refractivity contribution is 5.57. The van der Waals surface area contributed by atoms with Crippen molar-refractivity contribution in [3.63, 3.8) is 0 Å². The third-order valence-corrected chi connectivity index (χ3v) is 3.36. The molecule has 0 bridgehead atoms. The molecule has 0 radical (unpaired) electrons. The van der Waals surface area contributed by atoms with Gasteiger partial charge in [-0.15, -0.1) is 10.2 Å². The minimum absolute atomic E-state index is 0.520. The van der Waals surface area contributed by atoms with Crippen molar-refractivity contribution >= 4 is 11.6 Å². The van der Waals surface area contributed by atoms with Crippen LogP contribution in [0.5, 0.6) is 0 Å². The maximum absolute atomic E-state index is 5.38. The number of pyridine rings is 1. The molecule has 0 fully saturated rings. The van der Waals surface area contributed by atoms with E-state index in [1.54, 1.807) is 0 Å². The summed E-state index contributed by atoms with van der Waals surface area (Å²) in [5, 5.41) is 15.5. The summed E-state index contributed by atoms with van der Waals surface area (Å²) in [6.07, 6.45) is 1.91. The monoisotopic (exact) mass is 291 g/mol. The van der Waals surface area contributed by atoms with Crippen LogP contribution in [0.15, 0.2) is 65.3 Å². The molecule has 0 aliphatic carbocycles. The quantitative estimate of drug-likeness (QED) is 0.626. The molecule has 4 aromatic rings. The summed E-state index contributed by atoms with van der Waals surface area (Å²) in [5.41, 5.74) is 2.62. The van der Waals surface area contributed by atoms with Crippen LogP contribution < -0.4 is 5.32 Å². The second kappa shape index (κ2) is 5.33. The number of nitrogens with one attached hydrogen (secondary N) is 1. The Hall–Kier alpha value is -3.15. The number of benzene rings is 1. The Morgan fingerprint density at radius 1 is 1.00 bits per heavy atom. The molecule has 0 spiro atoms. The zero-order valence-corrected chi connectivity index (χ0v) is 11.7. The molecule has 0 saturated heterocycles. The minimum atomic E-state index is 0.520. The number of anilines is 1. The first-order valence-corrected chi connectivity index (χ1v) is 6.95. The zero-order valence-electron chi connectivity index (χ0n) is 11.7. The van der Waals surface area contributed by atoms with Crippen molar-refractivity contribution in [1.29, 1.82) is 0 Å². The van der Waals surface area contributed by atoms with Crippen LogP contribution in [0.25, 0.3) is 17.0 Å². The standard InChI is InChI=1S/C16H13N5O/c1-2-6-12(7-3-1)14-10-13(20-22-14)11-17-16-19-18-15-8-4-5-9-21(15)16/h1-10H,11H2,(H,17,19). The minimum Gasteiger partial charge on any atom is -0.356 e. The Morgan fingerprint density at radius 2 is 1.86 bits per heavy atom. The molecule has 4 rings (SSSR count). The molecule has 0 saturated carbocycles. The van der Waals surface area contributed by atoms with Crippen molar-refractivity contribution < 1.29 is 4.52 Å². The van der Waals surface area contributed by atoms with Crippen molar-refractivity contribution in [1.82, 2.24) is 19.8 Å². The van der Waals surface area contributed by atoms with Crippen LogP contribution in [0, 0.1) is 0 Å². The second-order valence-corrected chi connectivity index (χ2v) is 4.85. The van der Waals surface area contributed by atoms with Gasteiger partial charge in [0, 0.05) is 17.8 Å². The molecule has 0 unspecified atom stereocenters. The molecule has 1 aromatic carbocycles. The zero-order chi connectivity index (χ0) is 14.8. The highest BCUT2D eigenvalue weighted by atomic mass is 16.5. The average Bonchev–Trinajstić information content (AvgIpc) is 3.21. The smallest absolute Gasteiger partial charge is 0.229 e. The molecule has 22 heavy (non-hydrogen) atoms. The van der Waals surface area contributed by atoms with E-state index in [0.29, 0.717) is 12.5 Å². The van der Waals surface area contributed by atoms with E-state index in [2.05, 4.69) is 20.7 Å². The van der Waals surface area contributed by atoms with Gasteiger partial charge in [-0.25, -0.2) is 0 Å². The number of nitrogens with zero attached hydrogens (tertiary/aromatic N) is 4. The lowest BCUT2D eigenvalue weighted by atomic mass is 10.2. The SMILES string of the molecule is c1ccc(-c2cc(CNc3nnc4ccccn34)no2)cc1. The summed E-state index contributed by atoms with van der Waals surface area (Å²) >= 11 is 0. The highest BCUT2D eigenvalue weighted by Gasteiger charge is 2.08. The van der Waals surface area contributed by atoms with Gasteiger partial charge in [0.25, 0.3) is 0 Å². The van der Waals surface area contributed by atoms with E-state index in [4.69, 9.17) is 4.52 Å². The second-order valence-electron chi connectivity index (χ2n) is 4.85. The average molecular weight is 291 g/mol. The van der Waals surface area contributed by atoms with Gasteiger partial charge in [-0.3, -0.25) is 4.40 Å². The summed E-state index contributed by atoms with van der Waals surface area (Å²) in [7, 11) is 0. The van der Waals surface area contributed by atoms with Crippen LogP contribution in [-0.4, -0.2) is 19.8 Å². The van der Waals surface area contributed by atoms with E-state index in [0.717, 1.165) is 22.7 Å². The Labute approximate surface area is 126 Å². The molecule has 0 aliphatic heterocycles. The number of rotatable bonds is 4. The van der Waals surface area contributed by atoms with Gasteiger partial charge in [-0.2, -0.15) is 0 Å². The summed E-state index contributed by atoms with van der Waals surface area (Å²) in [6, 6.07) is 17.6. The number of fused-ring (bicyclic) bond motifs is 1. The predicted molar refractivity (Wildman–Crippen MR) is 82.3 cm³/mol. The molecule has 0 aliphatic rings. The van der Waals surface area contributed by atoms with Gasteiger partial charge in [0.05, 0.1) is 6.54 Å². The van der Waals surface area contributed by atoms with Gasteiger partial charge in [-0.1, -0.05) is 41.6 Å². The summed E-state index contributed by atoms with van der Waals surface area (Å²) in [4.78, 5) is 0. The van der Waals surface area contributed by atoms with E-state index < -0.39 is 0 Å². The largest absolute Gasteiger partial charge is 0.356 e. The Kier molecular flexibility index (Phi) is 3.05. The Morgan fingerprint density at radius 3 is 2.77 bits per heavy atom. The fourth-order valence-electron chi connectivity index (χ4n) is 2.27. The van der Waals surface area contributed by atoms with E-state index in [1.165, 1.54) is 0 Å². The van der Waals surface area contributed by atoms with E-state index in [1.807, 2.05) is 65.2 Å². The van der Waals surface area contributed by atoms with Crippen molar-refractivity contribution in [2.24, 2.45) is 0 Å². The molecule has 6 nitrogen and oxygen atoms in total. The molecule has 1 N–H and O–H groups in total. The first kappa shape index (κ1) is 12.6. The van der Waals surface area contributed by atoms with Gasteiger partial charge >= 0.3 is 0 Å². The number of aromatic nitrogens is 4. The summed E-state index contributed by atoms with van der Waals surface area (Å²) < 4.78 is 7.26. The van der Waals surface area contributed by atoms with Crippen LogP contribution in [-0.2, 0) is 6.54 Å². The first-order chi connectivity index (χ1) is 10.9. The molecule has 6 heteroatoms. The summed E-state index contributed by atoms with van der Waals surface area (Å²) in [6.45, 7) is 0.520. The Balaban J connectivity index is 1.52. The maximum Gasteiger partial charge on any atom is 0.229 e. The van der Waals surface area contributed by atoms with E-state index in [9.17, 15) is 0 Å². The maximum atomic E-state index is 5.38. The molecule has 3 aromatic heterocycles. The van der Waals surface area contributed by atoms with Crippen LogP contribution in [0.1, 0.15) is 5.69 Å². The van der Waals surface area contributed by atoms with Crippen molar-refractivity contribution in [3.8, 4) is 11.3 Å². The number of hydrogen-bond acceptors (Lipinski definition) is 5. The van der Waals surface area contributed by atoms with Crippen LogP contribution in [0.3, 0.4) is 0 Å². The Bertz CT molecular complexity index is 897. The molecule has 0 atom stereocenters. The molecule has 108 valence electrons.